The molecule has 0 amide bonds. The summed E-state index contributed by atoms with van der Waals surface area (Å²) in [7, 11) is 3.16. The molecule has 0 aliphatic heterocycles. The molecule has 1 N–H and O–H groups in total. The first-order valence-corrected chi connectivity index (χ1v) is 8.17. The number of benzene rings is 2. The second-order valence-electron chi connectivity index (χ2n) is 5.39. The number of nitriles is 1. The maximum atomic E-state index is 9.53. The molecule has 3 rings (SSSR count). The number of para-hydroxylation sites is 1. The zero-order valence-electron chi connectivity index (χ0n) is 14.3. The van der Waals surface area contributed by atoms with Crippen molar-refractivity contribution >= 4 is 23.0 Å². The van der Waals surface area contributed by atoms with Crippen molar-refractivity contribution in [3.8, 4) is 28.7 Å². The summed E-state index contributed by atoms with van der Waals surface area (Å²) in [5.74, 6) is 1.18. The minimum absolute atomic E-state index is 0.419. The van der Waals surface area contributed by atoms with Gasteiger partial charge in [0.05, 0.1) is 25.5 Å². The van der Waals surface area contributed by atoms with Crippen molar-refractivity contribution < 1.29 is 9.47 Å². The molecule has 0 saturated heterocycles. The highest BCUT2D eigenvalue weighted by Gasteiger charge is 2.17. The molecule has 26 heavy (non-hydrogen) atoms. The fourth-order valence-corrected chi connectivity index (χ4v) is 2.79. The van der Waals surface area contributed by atoms with E-state index < -0.39 is 0 Å². The molecule has 0 aliphatic rings. The van der Waals surface area contributed by atoms with Crippen LogP contribution in [0.4, 0.5) is 11.4 Å². The number of hydrogen-bond acceptors (Lipinski definition) is 5. The van der Waals surface area contributed by atoms with Gasteiger partial charge in [0.1, 0.15) is 6.07 Å². The van der Waals surface area contributed by atoms with Gasteiger partial charge in [-0.1, -0.05) is 23.7 Å². The number of rotatable bonds is 5. The molecule has 2 aromatic carbocycles. The summed E-state index contributed by atoms with van der Waals surface area (Å²) in [6.07, 6.45) is 3.21. The van der Waals surface area contributed by atoms with Gasteiger partial charge in [-0.3, -0.25) is 4.98 Å². The average Bonchev–Trinajstić information content (AvgIpc) is 2.69. The summed E-state index contributed by atoms with van der Waals surface area (Å²) in [4.78, 5) is 4.20. The Morgan fingerprint density at radius 1 is 1.00 bits per heavy atom. The van der Waals surface area contributed by atoms with Crippen molar-refractivity contribution in [3.63, 3.8) is 0 Å². The van der Waals surface area contributed by atoms with E-state index in [0.717, 1.165) is 16.8 Å². The lowest BCUT2D eigenvalue weighted by Crippen LogP contribution is -2.00. The fourth-order valence-electron chi connectivity index (χ4n) is 2.66. The first kappa shape index (κ1) is 17.6. The number of nitrogens with zero attached hydrogens (tertiary/aromatic N) is 2. The highest BCUT2D eigenvalue weighted by atomic mass is 35.5. The molecular formula is C20H16ClN3O2. The third-order valence-electron chi connectivity index (χ3n) is 3.87. The van der Waals surface area contributed by atoms with E-state index in [9.17, 15) is 5.26 Å². The first-order valence-electron chi connectivity index (χ1n) is 7.80. The SMILES string of the molecule is COc1cccc(-c2cncc(C#N)c2Nc2ccc(Cl)cc2)c1OC. The van der Waals surface area contributed by atoms with Crippen molar-refractivity contribution in [1.29, 1.82) is 5.26 Å². The van der Waals surface area contributed by atoms with Gasteiger partial charge in [-0.15, -0.1) is 0 Å². The molecule has 0 atom stereocenters. The number of nitrogens with one attached hydrogen (secondary N) is 1. The van der Waals surface area contributed by atoms with Crippen LogP contribution in [-0.2, 0) is 0 Å². The third kappa shape index (κ3) is 3.41. The van der Waals surface area contributed by atoms with Crippen LogP contribution in [-0.4, -0.2) is 19.2 Å². The molecule has 1 aromatic heterocycles. The second-order valence-corrected chi connectivity index (χ2v) is 5.83. The average molecular weight is 366 g/mol. The van der Waals surface area contributed by atoms with Gasteiger partial charge in [0, 0.05) is 34.2 Å². The number of anilines is 2. The Balaban J connectivity index is 2.17. The van der Waals surface area contributed by atoms with Crippen LogP contribution in [0, 0.1) is 11.3 Å². The molecule has 0 saturated carbocycles. The van der Waals surface area contributed by atoms with Gasteiger partial charge in [0.15, 0.2) is 11.5 Å². The smallest absolute Gasteiger partial charge is 0.168 e. The van der Waals surface area contributed by atoms with Crippen molar-refractivity contribution in [2.45, 2.75) is 0 Å². The molecule has 0 spiro atoms. The van der Waals surface area contributed by atoms with E-state index in [4.69, 9.17) is 21.1 Å². The van der Waals surface area contributed by atoms with E-state index in [-0.39, 0.29) is 0 Å². The summed E-state index contributed by atoms with van der Waals surface area (Å²) >= 11 is 5.95. The first-order chi connectivity index (χ1) is 12.7. The van der Waals surface area contributed by atoms with Gasteiger partial charge in [-0.2, -0.15) is 5.26 Å². The summed E-state index contributed by atoms with van der Waals surface area (Å²) in [6, 6.07) is 15.0. The number of ether oxygens (including phenoxy) is 2. The van der Waals surface area contributed by atoms with Crippen LogP contribution in [0.15, 0.2) is 54.9 Å². The fraction of sp³-hybridized carbons (Fsp3) is 0.100. The topological polar surface area (TPSA) is 67.2 Å². The van der Waals surface area contributed by atoms with Crippen LogP contribution in [0.25, 0.3) is 11.1 Å². The van der Waals surface area contributed by atoms with Crippen LogP contribution in [0.5, 0.6) is 11.5 Å². The summed E-state index contributed by atoms with van der Waals surface area (Å²) in [5, 5.41) is 13.5. The zero-order valence-corrected chi connectivity index (χ0v) is 15.0. The van der Waals surface area contributed by atoms with Gasteiger partial charge >= 0.3 is 0 Å². The molecule has 130 valence electrons. The van der Waals surface area contributed by atoms with Crippen molar-refractivity contribution in [2.75, 3.05) is 19.5 Å². The molecule has 0 aliphatic carbocycles. The highest BCUT2D eigenvalue weighted by Crippen LogP contribution is 2.42. The van der Waals surface area contributed by atoms with Crippen LogP contribution >= 0.6 is 11.6 Å². The zero-order chi connectivity index (χ0) is 18.5. The Bertz CT molecular complexity index is 966. The van der Waals surface area contributed by atoms with Crippen LogP contribution in [0.3, 0.4) is 0 Å². The minimum atomic E-state index is 0.419. The van der Waals surface area contributed by atoms with Crippen LogP contribution in [0.2, 0.25) is 5.02 Å². The number of aromatic nitrogens is 1. The van der Waals surface area contributed by atoms with Gasteiger partial charge in [-0.05, 0) is 30.3 Å². The van der Waals surface area contributed by atoms with E-state index in [1.54, 1.807) is 32.5 Å². The maximum absolute atomic E-state index is 9.53. The lowest BCUT2D eigenvalue weighted by molar-refractivity contribution is 0.356. The lowest BCUT2D eigenvalue weighted by atomic mass is 10.0. The van der Waals surface area contributed by atoms with Crippen molar-refractivity contribution in [2.24, 2.45) is 0 Å². The largest absolute Gasteiger partial charge is 0.493 e. The molecule has 0 fully saturated rings. The summed E-state index contributed by atoms with van der Waals surface area (Å²) < 4.78 is 10.9. The number of pyridine rings is 1. The predicted octanol–water partition coefficient (Wildman–Crippen LogP) is 5.03. The number of hydrogen-bond donors (Lipinski definition) is 1. The van der Waals surface area contributed by atoms with Crippen LogP contribution in [0.1, 0.15) is 5.56 Å². The van der Waals surface area contributed by atoms with Crippen molar-refractivity contribution in [3.05, 3.63) is 65.4 Å². The number of halogens is 1. The monoisotopic (exact) mass is 365 g/mol. The summed E-state index contributed by atoms with van der Waals surface area (Å²) in [6.45, 7) is 0. The summed E-state index contributed by atoms with van der Waals surface area (Å²) in [5.41, 5.74) is 3.36. The van der Waals surface area contributed by atoms with E-state index in [0.29, 0.717) is 27.8 Å². The second kappa shape index (κ2) is 7.77. The highest BCUT2D eigenvalue weighted by molar-refractivity contribution is 6.30. The van der Waals surface area contributed by atoms with E-state index in [1.165, 1.54) is 6.20 Å². The Morgan fingerprint density at radius 2 is 1.77 bits per heavy atom. The van der Waals surface area contributed by atoms with Gasteiger partial charge in [-0.25, -0.2) is 0 Å². The minimum Gasteiger partial charge on any atom is -0.493 e. The Labute approximate surface area is 156 Å². The molecule has 6 heteroatoms. The molecule has 3 aromatic rings. The Kier molecular flexibility index (Phi) is 5.26. The van der Waals surface area contributed by atoms with Gasteiger partial charge in [0.2, 0.25) is 0 Å². The standard InChI is InChI=1S/C20H16ClN3O2/c1-25-18-5-3-4-16(20(18)26-2)17-12-23-11-13(10-22)19(17)24-15-8-6-14(21)7-9-15/h3-9,11-12H,1-2H3,(H,23,24). The number of methoxy groups -OCH3 is 2. The van der Waals surface area contributed by atoms with Crippen LogP contribution < -0.4 is 14.8 Å². The quantitative estimate of drug-likeness (QED) is 0.686. The predicted molar refractivity (Wildman–Crippen MR) is 102 cm³/mol. The van der Waals surface area contributed by atoms with Gasteiger partial charge in [0.25, 0.3) is 0 Å². The third-order valence-corrected chi connectivity index (χ3v) is 4.13. The lowest BCUT2D eigenvalue weighted by Gasteiger charge is -2.17. The normalized spacial score (nSPS) is 10.1. The van der Waals surface area contributed by atoms with E-state index in [2.05, 4.69) is 16.4 Å². The van der Waals surface area contributed by atoms with E-state index >= 15 is 0 Å². The molecule has 0 bridgehead atoms. The Hall–Kier alpha value is -3.23. The molecule has 1 heterocycles. The van der Waals surface area contributed by atoms with E-state index in [1.807, 2.05) is 30.3 Å². The molecule has 0 unspecified atom stereocenters. The molecule has 5 nitrogen and oxygen atoms in total. The van der Waals surface area contributed by atoms with Gasteiger partial charge < -0.3 is 14.8 Å². The Morgan fingerprint density at radius 3 is 2.42 bits per heavy atom. The maximum Gasteiger partial charge on any atom is 0.168 e. The van der Waals surface area contributed by atoms with Crippen molar-refractivity contribution in [1.82, 2.24) is 4.98 Å². The molecule has 0 radical (unpaired) electrons. The molecular weight excluding hydrogens is 350 g/mol.